The van der Waals surface area contributed by atoms with Crippen LogP contribution in [-0.2, 0) is 11.3 Å². The summed E-state index contributed by atoms with van der Waals surface area (Å²) in [4.78, 5) is 13.5. The van der Waals surface area contributed by atoms with E-state index >= 15 is 0 Å². The van der Waals surface area contributed by atoms with Crippen LogP contribution in [0.15, 0.2) is 29.5 Å². The van der Waals surface area contributed by atoms with Gasteiger partial charge in [-0.2, -0.15) is 5.10 Å². The number of aliphatic hydroxyl groups is 1. The number of hydrogen-bond donors (Lipinski definition) is 1. The Hall–Kier alpha value is -1.68. The molecule has 1 heterocycles. The number of rotatable bonds is 2. The third-order valence-electron chi connectivity index (χ3n) is 9.03. The fourth-order valence-corrected chi connectivity index (χ4v) is 7.25. The first-order chi connectivity index (χ1) is 13.8. The minimum absolute atomic E-state index is 0.162. The van der Waals surface area contributed by atoms with Crippen LogP contribution in [0, 0.1) is 28.6 Å². The molecular weight excluding hydrogens is 360 g/mol. The van der Waals surface area contributed by atoms with Gasteiger partial charge in [-0.25, -0.2) is 0 Å². The summed E-state index contributed by atoms with van der Waals surface area (Å²) in [5.74, 6) is 2.04. The number of hydrogen-bond acceptors (Lipinski definition) is 3. The molecule has 0 amide bonds. The summed E-state index contributed by atoms with van der Waals surface area (Å²) >= 11 is 0. The largest absolute Gasteiger partial charge is 0.393 e. The zero-order valence-corrected chi connectivity index (χ0v) is 18.0. The van der Waals surface area contributed by atoms with E-state index in [9.17, 15) is 9.90 Å². The van der Waals surface area contributed by atoms with Gasteiger partial charge < -0.3 is 5.11 Å². The van der Waals surface area contributed by atoms with E-state index in [0.29, 0.717) is 23.5 Å². The summed E-state index contributed by atoms with van der Waals surface area (Å²) in [5, 5.41) is 14.8. The second-order valence-electron chi connectivity index (χ2n) is 10.4. The highest BCUT2D eigenvalue weighted by Gasteiger charge is 2.59. The molecule has 3 saturated carbocycles. The standard InChI is InChI=1S/C25H34N2O2/c1-4-27-12-9-18(26-27)13-16-14-22-20-6-5-17-15-19(28)7-10-24(17,2)21(20)8-11-25(22,3)23(16)29/h5,9,12-13,19-22,28H,4,6-8,10-11,14-15H2,1-3H3/b16-13-. The van der Waals surface area contributed by atoms with Crippen LogP contribution in [0.5, 0.6) is 0 Å². The van der Waals surface area contributed by atoms with E-state index in [2.05, 4.69) is 38.0 Å². The van der Waals surface area contributed by atoms with E-state index in [4.69, 9.17) is 0 Å². The fourth-order valence-electron chi connectivity index (χ4n) is 7.25. The molecule has 6 atom stereocenters. The molecule has 0 aromatic carbocycles. The van der Waals surface area contributed by atoms with Crippen molar-refractivity contribution < 1.29 is 9.90 Å². The van der Waals surface area contributed by atoms with Crippen molar-refractivity contribution in [1.82, 2.24) is 9.78 Å². The number of aryl methyl sites for hydroxylation is 1. The average Bonchev–Trinajstić information content (AvgIpc) is 3.26. The van der Waals surface area contributed by atoms with Gasteiger partial charge in [0.2, 0.25) is 0 Å². The van der Waals surface area contributed by atoms with Crippen LogP contribution in [0.2, 0.25) is 0 Å². The second-order valence-corrected chi connectivity index (χ2v) is 10.4. The molecule has 6 unspecified atom stereocenters. The van der Waals surface area contributed by atoms with E-state index in [1.807, 2.05) is 16.9 Å². The van der Waals surface area contributed by atoms with Gasteiger partial charge in [-0.1, -0.05) is 25.5 Å². The van der Waals surface area contributed by atoms with Crippen LogP contribution in [0.25, 0.3) is 6.08 Å². The van der Waals surface area contributed by atoms with Crippen LogP contribution >= 0.6 is 0 Å². The lowest BCUT2D eigenvalue weighted by atomic mass is 9.48. The third-order valence-corrected chi connectivity index (χ3v) is 9.03. The molecule has 1 N–H and O–H groups in total. The summed E-state index contributed by atoms with van der Waals surface area (Å²) in [6.07, 6.45) is 13.3. The molecule has 0 bridgehead atoms. The molecule has 4 nitrogen and oxygen atoms in total. The summed E-state index contributed by atoms with van der Waals surface area (Å²) in [7, 11) is 0. The third kappa shape index (κ3) is 2.82. The summed E-state index contributed by atoms with van der Waals surface area (Å²) in [6.45, 7) is 7.60. The molecule has 1 aromatic heterocycles. The van der Waals surface area contributed by atoms with Crippen molar-refractivity contribution in [3.8, 4) is 0 Å². The zero-order chi connectivity index (χ0) is 20.4. The molecule has 3 fully saturated rings. The molecule has 0 radical (unpaired) electrons. The first kappa shape index (κ1) is 19.3. The number of aromatic nitrogens is 2. The molecule has 29 heavy (non-hydrogen) atoms. The summed E-state index contributed by atoms with van der Waals surface area (Å²) in [5.41, 5.74) is 3.40. The minimum Gasteiger partial charge on any atom is -0.393 e. The first-order valence-corrected chi connectivity index (χ1v) is 11.5. The van der Waals surface area contributed by atoms with Gasteiger partial charge in [0, 0.05) is 18.2 Å². The van der Waals surface area contributed by atoms with Crippen LogP contribution in [0.3, 0.4) is 0 Å². The molecule has 1 aromatic rings. The molecule has 4 heteroatoms. The maximum atomic E-state index is 13.5. The van der Waals surface area contributed by atoms with Crippen LogP contribution in [0.1, 0.15) is 71.4 Å². The van der Waals surface area contributed by atoms with Gasteiger partial charge in [-0.3, -0.25) is 9.48 Å². The summed E-state index contributed by atoms with van der Waals surface area (Å²) < 4.78 is 1.92. The predicted octanol–water partition coefficient (Wildman–Crippen LogP) is 4.79. The number of fused-ring (bicyclic) bond motifs is 5. The van der Waals surface area contributed by atoms with Crippen molar-refractivity contribution in [2.24, 2.45) is 28.6 Å². The smallest absolute Gasteiger partial charge is 0.165 e. The highest BCUT2D eigenvalue weighted by atomic mass is 16.3. The number of allylic oxidation sites excluding steroid dienone is 2. The van der Waals surface area contributed by atoms with Gasteiger partial charge in [0.15, 0.2) is 5.78 Å². The van der Waals surface area contributed by atoms with E-state index in [1.54, 1.807) is 0 Å². The van der Waals surface area contributed by atoms with Gasteiger partial charge in [-0.15, -0.1) is 0 Å². The molecule has 5 rings (SSSR count). The lowest BCUT2D eigenvalue weighted by Crippen LogP contribution is -2.50. The number of ketones is 1. The Morgan fingerprint density at radius 2 is 2.00 bits per heavy atom. The van der Waals surface area contributed by atoms with Gasteiger partial charge in [-0.05, 0) is 92.8 Å². The predicted molar refractivity (Wildman–Crippen MR) is 114 cm³/mol. The Labute approximate surface area is 174 Å². The molecule has 0 spiro atoms. The van der Waals surface area contributed by atoms with Gasteiger partial charge in [0.05, 0.1) is 11.8 Å². The van der Waals surface area contributed by atoms with Gasteiger partial charge in [0.1, 0.15) is 0 Å². The number of carbonyl (C=O) groups is 1. The van der Waals surface area contributed by atoms with Crippen molar-refractivity contribution in [3.63, 3.8) is 0 Å². The Balaban J connectivity index is 1.46. The Bertz CT molecular complexity index is 896. The molecule has 0 saturated heterocycles. The van der Waals surface area contributed by atoms with Crippen LogP contribution in [0.4, 0.5) is 0 Å². The van der Waals surface area contributed by atoms with Crippen molar-refractivity contribution in [2.45, 2.75) is 78.4 Å². The minimum atomic E-state index is -0.212. The SMILES string of the molecule is CCn1ccc(/C=C2/CC3C4CC=C5CC(O)CCC5(C)C4CCC3(C)C2=O)n1. The van der Waals surface area contributed by atoms with Crippen molar-refractivity contribution in [3.05, 3.63) is 35.2 Å². The molecule has 156 valence electrons. The van der Waals surface area contributed by atoms with Crippen molar-refractivity contribution in [2.75, 3.05) is 0 Å². The van der Waals surface area contributed by atoms with E-state index in [-0.39, 0.29) is 16.9 Å². The number of nitrogens with zero attached hydrogens (tertiary/aromatic N) is 2. The van der Waals surface area contributed by atoms with E-state index < -0.39 is 0 Å². The maximum Gasteiger partial charge on any atom is 0.165 e. The molecule has 4 aliphatic carbocycles. The second kappa shape index (κ2) is 6.66. The maximum absolute atomic E-state index is 13.5. The average molecular weight is 395 g/mol. The molecule has 0 aliphatic heterocycles. The Morgan fingerprint density at radius 1 is 1.21 bits per heavy atom. The Morgan fingerprint density at radius 3 is 2.76 bits per heavy atom. The number of aliphatic hydroxyl groups excluding tert-OH is 1. The van der Waals surface area contributed by atoms with Gasteiger partial charge >= 0.3 is 0 Å². The number of Topliss-reactive ketones (excluding diaryl/α,β-unsaturated/α-hetero) is 1. The monoisotopic (exact) mass is 394 g/mol. The van der Waals surface area contributed by atoms with E-state index in [0.717, 1.165) is 62.8 Å². The fraction of sp³-hybridized carbons (Fsp3) is 0.680. The normalized spacial score (nSPS) is 43.0. The van der Waals surface area contributed by atoms with Crippen LogP contribution < -0.4 is 0 Å². The Kier molecular flexibility index (Phi) is 4.43. The number of carbonyl (C=O) groups excluding carboxylic acids is 1. The first-order valence-electron chi connectivity index (χ1n) is 11.5. The topological polar surface area (TPSA) is 55.1 Å². The quantitative estimate of drug-likeness (QED) is 0.580. The lowest BCUT2D eigenvalue weighted by molar-refractivity contribution is -0.130. The highest BCUT2D eigenvalue weighted by molar-refractivity contribution is 6.05. The highest BCUT2D eigenvalue weighted by Crippen LogP contribution is 2.64. The van der Waals surface area contributed by atoms with Crippen LogP contribution in [-0.4, -0.2) is 26.8 Å². The van der Waals surface area contributed by atoms with Crippen molar-refractivity contribution in [1.29, 1.82) is 0 Å². The zero-order valence-electron chi connectivity index (χ0n) is 18.0. The van der Waals surface area contributed by atoms with Crippen molar-refractivity contribution >= 4 is 11.9 Å². The van der Waals surface area contributed by atoms with E-state index in [1.165, 1.54) is 5.57 Å². The lowest BCUT2D eigenvalue weighted by Gasteiger charge is -2.56. The van der Waals surface area contributed by atoms with Gasteiger partial charge in [0.25, 0.3) is 0 Å². The summed E-state index contributed by atoms with van der Waals surface area (Å²) in [6, 6.07) is 2.01. The molecular formula is C25H34N2O2. The molecule has 4 aliphatic rings.